The maximum Gasteiger partial charge on any atom is 0.210 e. The van der Waals surface area contributed by atoms with E-state index < -0.39 is 0 Å². The Morgan fingerprint density at radius 3 is 2.26 bits per heavy atom. The van der Waals surface area contributed by atoms with Gasteiger partial charge in [-0.1, -0.05) is 37.6 Å². The Morgan fingerprint density at radius 2 is 1.70 bits per heavy atom. The summed E-state index contributed by atoms with van der Waals surface area (Å²) in [5, 5.41) is 0. The van der Waals surface area contributed by atoms with Crippen LogP contribution in [0.15, 0.2) is 24.3 Å². The molecule has 23 heavy (non-hydrogen) atoms. The molecular weight excluding hydrogens is 290 g/mol. The number of hydrogen-bond acceptors (Lipinski definition) is 3. The van der Waals surface area contributed by atoms with Gasteiger partial charge in [0.05, 0.1) is 5.56 Å². The lowest BCUT2D eigenvalue weighted by atomic mass is 9.85. The molecule has 1 aromatic carbocycles. The van der Waals surface area contributed by atoms with E-state index in [1.54, 1.807) is 24.3 Å². The Kier molecular flexibility index (Phi) is 3.76. The first-order valence-corrected chi connectivity index (χ1v) is 7.91. The first-order chi connectivity index (χ1) is 11.0. The van der Waals surface area contributed by atoms with Crippen molar-refractivity contribution >= 4 is 17.3 Å². The lowest BCUT2D eigenvalue weighted by Crippen LogP contribution is -2.23. The van der Waals surface area contributed by atoms with Crippen molar-refractivity contribution in [1.29, 1.82) is 0 Å². The molecule has 2 aromatic rings. The Hall–Kier alpha value is -2.49. The summed E-state index contributed by atoms with van der Waals surface area (Å²) >= 11 is 0. The summed E-state index contributed by atoms with van der Waals surface area (Å²) in [7, 11) is 0. The number of rotatable bonds is 4. The first-order valence-electron chi connectivity index (χ1n) is 7.91. The molecule has 1 aromatic heterocycles. The number of Topliss-reactive ketones (excluding diaryl/α,β-unsaturated/α-hetero) is 1. The minimum absolute atomic E-state index is 0.165. The summed E-state index contributed by atoms with van der Waals surface area (Å²) in [5.41, 5.74) is 2.59. The van der Waals surface area contributed by atoms with E-state index in [2.05, 4.69) is 6.92 Å². The Morgan fingerprint density at radius 1 is 1.09 bits per heavy atom. The number of fused-ring (bicyclic) bond motifs is 2. The van der Waals surface area contributed by atoms with Gasteiger partial charge < -0.3 is 4.57 Å². The Labute approximate surface area is 135 Å². The maximum atomic E-state index is 12.9. The lowest BCUT2D eigenvalue weighted by molar-refractivity contribution is 0.0966. The summed E-state index contributed by atoms with van der Waals surface area (Å²) in [6.45, 7) is 5.97. The van der Waals surface area contributed by atoms with Gasteiger partial charge in [0.1, 0.15) is 5.69 Å². The van der Waals surface area contributed by atoms with Gasteiger partial charge in [0.25, 0.3) is 0 Å². The van der Waals surface area contributed by atoms with Crippen molar-refractivity contribution in [3.8, 4) is 0 Å². The highest BCUT2D eigenvalue weighted by atomic mass is 16.1. The smallest absolute Gasteiger partial charge is 0.210 e. The molecule has 4 heteroatoms. The van der Waals surface area contributed by atoms with Crippen LogP contribution in [0.4, 0.5) is 0 Å². The number of carbonyl (C=O) groups is 3. The normalized spacial score (nSPS) is 13.0. The average Bonchev–Trinajstić information content (AvgIpc) is 2.83. The second-order valence-corrected chi connectivity index (χ2v) is 5.95. The van der Waals surface area contributed by atoms with Crippen LogP contribution in [-0.2, 0) is 6.54 Å². The van der Waals surface area contributed by atoms with Gasteiger partial charge in [0, 0.05) is 28.9 Å². The van der Waals surface area contributed by atoms with Crippen LogP contribution in [0, 0.1) is 6.92 Å². The molecule has 0 bridgehead atoms. The molecule has 0 unspecified atom stereocenters. The monoisotopic (exact) mass is 309 g/mol. The topological polar surface area (TPSA) is 56.1 Å². The van der Waals surface area contributed by atoms with Gasteiger partial charge >= 0.3 is 0 Å². The molecule has 1 aliphatic rings. The largest absolute Gasteiger partial charge is 0.341 e. The van der Waals surface area contributed by atoms with Gasteiger partial charge in [-0.25, -0.2) is 0 Å². The molecular formula is C19H19NO3. The van der Waals surface area contributed by atoms with E-state index in [0.29, 0.717) is 34.6 Å². The zero-order chi connectivity index (χ0) is 16.7. The van der Waals surface area contributed by atoms with Crippen LogP contribution in [0.25, 0.3) is 0 Å². The van der Waals surface area contributed by atoms with E-state index in [1.807, 2.05) is 11.5 Å². The Bertz CT molecular complexity index is 843. The number of ketones is 3. The third kappa shape index (κ3) is 2.17. The van der Waals surface area contributed by atoms with Gasteiger partial charge in [-0.05, 0) is 20.3 Å². The summed E-state index contributed by atoms with van der Waals surface area (Å²) in [5.74, 6) is -0.560. The predicted octanol–water partition coefficient (Wildman–Crippen LogP) is 3.57. The first kappa shape index (κ1) is 15.4. The van der Waals surface area contributed by atoms with Crippen molar-refractivity contribution in [3.05, 3.63) is 57.9 Å². The number of hydrogen-bond donors (Lipinski definition) is 0. The molecule has 0 spiro atoms. The van der Waals surface area contributed by atoms with Gasteiger partial charge in [-0.3, -0.25) is 14.4 Å². The van der Waals surface area contributed by atoms with Crippen molar-refractivity contribution in [3.63, 3.8) is 0 Å². The standard InChI is InChI=1S/C19H19NO3/c1-4-5-10-20-11(2)15(12(3)21)16-17(20)19(23)14-9-7-6-8-13(14)18(16)22/h6-9H,4-5,10H2,1-3H3. The summed E-state index contributed by atoms with van der Waals surface area (Å²) in [6, 6.07) is 6.83. The van der Waals surface area contributed by atoms with Gasteiger partial charge in [-0.2, -0.15) is 0 Å². The van der Waals surface area contributed by atoms with E-state index in [0.717, 1.165) is 12.8 Å². The van der Waals surface area contributed by atoms with E-state index >= 15 is 0 Å². The highest BCUT2D eigenvalue weighted by Crippen LogP contribution is 2.33. The summed E-state index contributed by atoms with van der Waals surface area (Å²) < 4.78 is 1.85. The second-order valence-electron chi connectivity index (χ2n) is 5.95. The SMILES string of the molecule is CCCCn1c(C)c(C(C)=O)c2c1C(=O)c1ccccc1C2=O. The number of benzene rings is 1. The van der Waals surface area contributed by atoms with Crippen LogP contribution in [-0.4, -0.2) is 21.9 Å². The molecule has 4 nitrogen and oxygen atoms in total. The van der Waals surface area contributed by atoms with Gasteiger partial charge in [0.2, 0.25) is 5.78 Å². The fourth-order valence-electron chi connectivity index (χ4n) is 3.36. The molecule has 0 amide bonds. The van der Waals surface area contributed by atoms with Crippen molar-refractivity contribution in [1.82, 2.24) is 4.57 Å². The van der Waals surface area contributed by atoms with Gasteiger partial charge in [-0.15, -0.1) is 0 Å². The summed E-state index contributed by atoms with van der Waals surface area (Å²) in [4.78, 5) is 38.0. The fourth-order valence-corrected chi connectivity index (χ4v) is 3.36. The molecule has 0 saturated heterocycles. The van der Waals surface area contributed by atoms with Crippen molar-refractivity contribution in [2.45, 2.75) is 40.2 Å². The van der Waals surface area contributed by atoms with E-state index in [-0.39, 0.29) is 22.9 Å². The van der Waals surface area contributed by atoms with Crippen LogP contribution >= 0.6 is 0 Å². The van der Waals surface area contributed by atoms with Crippen LogP contribution in [0.3, 0.4) is 0 Å². The zero-order valence-corrected chi connectivity index (χ0v) is 13.6. The highest BCUT2D eigenvalue weighted by molar-refractivity contribution is 6.30. The number of aromatic nitrogens is 1. The van der Waals surface area contributed by atoms with Gasteiger partial charge in [0.15, 0.2) is 11.6 Å². The molecule has 1 heterocycles. The number of unbranched alkanes of at least 4 members (excludes halogenated alkanes) is 1. The molecule has 0 N–H and O–H groups in total. The number of nitrogens with zero attached hydrogens (tertiary/aromatic N) is 1. The molecule has 0 radical (unpaired) electrons. The third-order valence-corrected chi connectivity index (χ3v) is 4.47. The van der Waals surface area contributed by atoms with E-state index in [9.17, 15) is 14.4 Å². The molecule has 0 fully saturated rings. The highest BCUT2D eigenvalue weighted by Gasteiger charge is 2.37. The Balaban J connectivity index is 2.32. The molecule has 118 valence electrons. The number of carbonyl (C=O) groups excluding carboxylic acids is 3. The lowest BCUT2D eigenvalue weighted by Gasteiger charge is -2.17. The molecule has 1 aliphatic carbocycles. The molecule has 0 aliphatic heterocycles. The quantitative estimate of drug-likeness (QED) is 0.692. The van der Waals surface area contributed by atoms with E-state index in [1.165, 1.54) is 6.92 Å². The third-order valence-electron chi connectivity index (χ3n) is 4.47. The maximum absolute atomic E-state index is 12.9. The second kappa shape index (κ2) is 5.61. The van der Waals surface area contributed by atoms with Crippen molar-refractivity contribution in [2.75, 3.05) is 0 Å². The molecule has 0 saturated carbocycles. The summed E-state index contributed by atoms with van der Waals surface area (Å²) in [6.07, 6.45) is 1.86. The average molecular weight is 309 g/mol. The fraction of sp³-hybridized carbons (Fsp3) is 0.316. The van der Waals surface area contributed by atoms with E-state index in [4.69, 9.17) is 0 Å². The van der Waals surface area contributed by atoms with Crippen LogP contribution < -0.4 is 0 Å². The minimum Gasteiger partial charge on any atom is -0.341 e. The van der Waals surface area contributed by atoms with Crippen molar-refractivity contribution < 1.29 is 14.4 Å². The van der Waals surface area contributed by atoms with Crippen molar-refractivity contribution in [2.24, 2.45) is 0 Å². The van der Waals surface area contributed by atoms with Crippen LogP contribution in [0.1, 0.15) is 74.7 Å². The molecule has 0 atom stereocenters. The van der Waals surface area contributed by atoms with Crippen LogP contribution in [0.5, 0.6) is 0 Å². The minimum atomic E-state index is -0.223. The zero-order valence-electron chi connectivity index (χ0n) is 13.6. The van der Waals surface area contributed by atoms with Crippen LogP contribution in [0.2, 0.25) is 0 Å². The predicted molar refractivity (Wildman–Crippen MR) is 87.4 cm³/mol. The molecule has 3 rings (SSSR count).